The Balaban J connectivity index is 1.94. The molecule has 0 fully saturated rings. The van der Waals surface area contributed by atoms with Gasteiger partial charge in [-0.25, -0.2) is 0 Å². The molecule has 3 rings (SSSR count). The van der Waals surface area contributed by atoms with E-state index in [4.69, 9.17) is 18.9 Å². The fourth-order valence-electron chi connectivity index (χ4n) is 2.75. The minimum absolute atomic E-state index is 0.638. The molecule has 0 atom stereocenters. The van der Waals surface area contributed by atoms with E-state index in [9.17, 15) is 0 Å². The van der Waals surface area contributed by atoms with Gasteiger partial charge < -0.3 is 29.6 Å². The van der Waals surface area contributed by atoms with Crippen molar-refractivity contribution in [3.63, 3.8) is 0 Å². The van der Waals surface area contributed by atoms with Gasteiger partial charge in [-0.05, 0) is 48.5 Å². The Bertz CT molecular complexity index is 833. The van der Waals surface area contributed by atoms with Crippen LogP contribution in [0.25, 0.3) is 0 Å². The summed E-state index contributed by atoms with van der Waals surface area (Å²) in [5.74, 6) is 2.88. The maximum absolute atomic E-state index is 5.46. The predicted molar refractivity (Wildman–Crippen MR) is 112 cm³/mol. The molecule has 0 aromatic heterocycles. The van der Waals surface area contributed by atoms with E-state index in [2.05, 4.69) is 10.6 Å². The lowest BCUT2D eigenvalue weighted by atomic mass is 10.2. The molecule has 0 aliphatic heterocycles. The first-order valence-electron chi connectivity index (χ1n) is 8.75. The molecule has 0 radical (unpaired) electrons. The van der Waals surface area contributed by atoms with Crippen LogP contribution in [0.15, 0.2) is 60.7 Å². The number of rotatable bonds is 8. The molecule has 0 amide bonds. The van der Waals surface area contributed by atoms with Crippen LogP contribution < -0.4 is 29.6 Å². The van der Waals surface area contributed by atoms with Crippen molar-refractivity contribution in [2.24, 2.45) is 0 Å². The molecular weight excluding hydrogens is 356 g/mol. The minimum atomic E-state index is 0.638. The minimum Gasteiger partial charge on any atom is -0.497 e. The normalized spacial score (nSPS) is 10.1. The molecule has 3 aromatic rings. The van der Waals surface area contributed by atoms with Gasteiger partial charge >= 0.3 is 0 Å². The molecule has 0 heterocycles. The Hall–Kier alpha value is -3.54. The molecule has 0 spiro atoms. The molecule has 3 aromatic carbocycles. The van der Waals surface area contributed by atoms with Crippen LogP contribution in [0.3, 0.4) is 0 Å². The standard InChI is InChI=1S/C22H24N2O4/c1-25-17-9-5-15(6-10-17)23-19-13-21(27-3)22(28-4)14-20(19)24-16-7-11-18(26-2)12-8-16/h5-14,23-24H,1-4H3. The maximum Gasteiger partial charge on any atom is 0.162 e. The van der Waals surface area contributed by atoms with E-state index in [-0.39, 0.29) is 0 Å². The average Bonchev–Trinajstić information content (AvgIpc) is 2.75. The second kappa shape index (κ2) is 8.90. The Morgan fingerprint density at radius 2 is 0.857 bits per heavy atom. The topological polar surface area (TPSA) is 61.0 Å². The van der Waals surface area contributed by atoms with Crippen LogP contribution in [0.1, 0.15) is 0 Å². The largest absolute Gasteiger partial charge is 0.497 e. The predicted octanol–water partition coefficient (Wildman–Crippen LogP) is 5.21. The van der Waals surface area contributed by atoms with Gasteiger partial charge in [0.25, 0.3) is 0 Å². The molecule has 0 saturated carbocycles. The monoisotopic (exact) mass is 380 g/mol. The van der Waals surface area contributed by atoms with Crippen LogP contribution in [-0.4, -0.2) is 28.4 Å². The zero-order chi connectivity index (χ0) is 19.9. The third-order valence-electron chi connectivity index (χ3n) is 4.26. The number of hydrogen-bond acceptors (Lipinski definition) is 6. The lowest BCUT2D eigenvalue weighted by Gasteiger charge is -2.18. The summed E-state index contributed by atoms with van der Waals surface area (Å²) in [7, 11) is 6.53. The zero-order valence-corrected chi connectivity index (χ0v) is 16.4. The SMILES string of the molecule is COc1ccc(Nc2cc(OC)c(OC)cc2Nc2ccc(OC)cc2)cc1. The van der Waals surface area contributed by atoms with Crippen LogP contribution in [0.4, 0.5) is 22.7 Å². The van der Waals surface area contributed by atoms with Crippen LogP contribution in [0.5, 0.6) is 23.0 Å². The third-order valence-corrected chi connectivity index (χ3v) is 4.26. The van der Waals surface area contributed by atoms with E-state index in [1.165, 1.54) is 0 Å². The van der Waals surface area contributed by atoms with Gasteiger partial charge in [-0.1, -0.05) is 0 Å². The van der Waals surface area contributed by atoms with Crippen molar-refractivity contribution in [3.05, 3.63) is 60.7 Å². The lowest BCUT2D eigenvalue weighted by molar-refractivity contribution is 0.355. The summed E-state index contributed by atoms with van der Waals surface area (Å²) in [5.41, 5.74) is 3.54. The van der Waals surface area contributed by atoms with Crippen molar-refractivity contribution in [2.75, 3.05) is 39.1 Å². The molecular formula is C22H24N2O4. The zero-order valence-electron chi connectivity index (χ0n) is 16.4. The van der Waals surface area contributed by atoms with Crippen molar-refractivity contribution >= 4 is 22.7 Å². The van der Waals surface area contributed by atoms with Gasteiger partial charge in [0.2, 0.25) is 0 Å². The molecule has 0 saturated heterocycles. The second-order valence-corrected chi connectivity index (χ2v) is 5.96. The van der Waals surface area contributed by atoms with Crippen molar-refractivity contribution in [3.8, 4) is 23.0 Å². The van der Waals surface area contributed by atoms with Crippen molar-refractivity contribution < 1.29 is 18.9 Å². The molecule has 0 aliphatic carbocycles. The van der Waals surface area contributed by atoms with E-state index < -0.39 is 0 Å². The molecule has 2 N–H and O–H groups in total. The maximum atomic E-state index is 5.46. The molecule has 6 nitrogen and oxygen atoms in total. The summed E-state index contributed by atoms with van der Waals surface area (Å²) < 4.78 is 21.4. The quantitative estimate of drug-likeness (QED) is 0.559. The van der Waals surface area contributed by atoms with E-state index >= 15 is 0 Å². The summed E-state index contributed by atoms with van der Waals surface area (Å²) in [4.78, 5) is 0. The fraction of sp³-hybridized carbons (Fsp3) is 0.182. The van der Waals surface area contributed by atoms with Crippen LogP contribution in [0.2, 0.25) is 0 Å². The summed E-state index contributed by atoms with van der Waals surface area (Å²) >= 11 is 0. The van der Waals surface area contributed by atoms with Gasteiger partial charge in [0.05, 0.1) is 39.8 Å². The van der Waals surface area contributed by atoms with Gasteiger partial charge in [0.1, 0.15) is 11.5 Å². The molecule has 0 aliphatic rings. The van der Waals surface area contributed by atoms with Crippen molar-refractivity contribution in [1.29, 1.82) is 0 Å². The van der Waals surface area contributed by atoms with E-state index in [0.29, 0.717) is 11.5 Å². The highest BCUT2D eigenvalue weighted by atomic mass is 16.5. The van der Waals surface area contributed by atoms with E-state index in [1.54, 1.807) is 28.4 Å². The molecule has 0 unspecified atom stereocenters. The molecule has 0 bridgehead atoms. The number of nitrogens with one attached hydrogen (secondary N) is 2. The number of hydrogen-bond donors (Lipinski definition) is 2. The molecule has 146 valence electrons. The summed E-state index contributed by atoms with van der Waals surface area (Å²) in [6, 6.07) is 19.2. The molecule has 6 heteroatoms. The van der Waals surface area contributed by atoms with Gasteiger partial charge in [-0.3, -0.25) is 0 Å². The first kappa shape index (κ1) is 19.2. The highest BCUT2D eigenvalue weighted by Gasteiger charge is 2.12. The number of methoxy groups -OCH3 is 4. The van der Waals surface area contributed by atoms with Crippen LogP contribution >= 0.6 is 0 Å². The van der Waals surface area contributed by atoms with Crippen LogP contribution in [-0.2, 0) is 0 Å². The first-order valence-corrected chi connectivity index (χ1v) is 8.75. The van der Waals surface area contributed by atoms with Gasteiger partial charge in [-0.2, -0.15) is 0 Å². The Kier molecular flexibility index (Phi) is 6.11. The Labute approximate surface area is 165 Å². The van der Waals surface area contributed by atoms with E-state index in [1.807, 2.05) is 60.7 Å². The first-order chi connectivity index (χ1) is 13.7. The fourth-order valence-corrected chi connectivity index (χ4v) is 2.75. The number of ether oxygens (including phenoxy) is 4. The summed E-state index contributed by atoms with van der Waals surface area (Å²) in [5, 5.41) is 6.83. The van der Waals surface area contributed by atoms with Crippen molar-refractivity contribution in [1.82, 2.24) is 0 Å². The van der Waals surface area contributed by atoms with Crippen molar-refractivity contribution in [2.45, 2.75) is 0 Å². The smallest absolute Gasteiger partial charge is 0.162 e. The van der Waals surface area contributed by atoms with Crippen LogP contribution in [0, 0.1) is 0 Å². The average molecular weight is 380 g/mol. The summed E-state index contributed by atoms with van der Waals surface area (Å²) in [6.45, 7) is 0. The van der Waals surface area contributed by atoms with E-state index in [0.717, 1.165) is 34.2 Å². The molecule has 28 heavy (non-hydrogen) atoms. The van der Waals surface area contributed by atoms with Gasteiger partial charge in [0, 0.05) is 23.5 Å². The Morgan fingerprint density at radius 3 is 1.14 bits per heavy atom. The second-order valence-electron chi connectivity index (χ2n) is 5.96. The lowest BCUT2D eigenvalue weighted by Crippen LogP contribution is -2.00. The highest BCUT2D eigenvalue weighted by Crippen LogP contribution is 2.39. The number of benzene rings is 3. The highest BCUT2D eigenvalue weighted by molar-refractivity contribution is 5.81. The number of anilines is 4. The third kappa shape index (κ3) is 4.40. The van der Waals surface area contributed by atoms with Gasteiger partial charge in [-0.15, -0.1) is 0 Å². The summed E-state index contributed by atoms with van der Waals surface area (Å²) in [6.07, 6.45) is 0. The van der Waals surface area contributed by atoms with Gasteiger partial charge in [0.15, 0.2) is 11.5 Å². The Morgan fingerprint density at radius 1 is 0.500 bits per heavy atom.